The van der Waals surface area contributed by atoms with E-state index >= 15 is 0 Å². The molecule has 112 valence electrons. The van der Waals surface area contributed by atoms with Crippen molar-refractivity contribution >= 4 is 17.3 Å². The van der Waals surface area contributed by atoms with Gasteiger partial charge in [0.05, 0.1) is 11.6 Å². The van der Waals surface area contributed by atoms with E-state index in [1.165, 1.54) is 0 Å². The molecule has 0 aliphatic carbocycles. The summed E-state index contributed by atoms with van der Waals surface area (Å²) in [6.45, 7) is 3.60. The predicted octanol–water partition coefficient (Wildman–Crippen LogP) is 4.84. The minimum Gasteiger partial charge on any atom is -0.506 e. The third-order valence-corrected chi connectivity index (χ3v) is 3.44. The number of halogens is 1. The highest BCUT2D eigenvalue weighted by molar-refractivity contribution is 6.32. The van der Waals surface area contributed by atoms with E-state index in [2.05, 4.69) is 12.2 Å². The van der Waals surface area contributed by atoms with Crippen molar-refractivity contribution in [3.63, 3.8) is 0 Å². The Kier molecular flexibility index (Phi) is 5.76. The van der Waals surface area contributed by atoms with E-state index in [1.807, 2.05) is 24.3 Å². The van der Waals surface area contributed by atoms with Crippen molar-refractivity contribution in [1.82, 2.24) is 0 Å². The van der Waals surface area contributed by atoms with Gasteiger partial charge in [-0.1, -0.05) is 37.1 Å². The minimum atomic E-state index is 0.0933. The van der Waals surface area contributed by atoms with Gasteiger partial charge in [0.1, 0.15) is 11.5 Å². The zero-order valence-corrected chi connectivity index (χ0v) is 12.9. The molecule has 4 heteroatoms. The van der Waals surface area contributed by atoms with Gasteiger partial charge in [-0.05, 0) is 42.3 Å². The summed E-state index contributed by atoms with van der Waals surface area (Å²) in [6.07, 6.45) is 2.21. The van der Waals surface area contributed by atoms with Crippen molar-refractivity contribution in [2.75, 3.05) is 11.9 Å². The number of phenolic OH excluding ortho intramolecular Hbond substituents is 1. The molecule has 0 unspecified atom stereocenters. The maximum atomic E-state index is 9.37. The molecular weight excluding hydrogens is 286 g/mol. The average molecular weight is 306 g/mol. The fourth-order valence-electron chi connectivity index (χ4n) is 1.86. The highest BCUT2D eigenvalue weighted by Crippen LogP contribution is 2.26. The fourth-order valence-corrected chi connectivity index (χ4v) is 2.04. The summed E-state index contributed by atoms with van der Waals surface area (Å²) in [5.41, 5.74) is 2.03. The van der Waals surface area contributed by atoms with Crippen LogP contribution in [0.5, 0.6) is 11.5 Å². The number of hydrogen-bond donors (Lipinski definition) is 2. The summed E-state index contributed by atoms with van der Waals surface area (Å²) in [5.74, 6) is 0.996. The molecule has 0 fully saturated rings. The van der Waals surface area contributed by atoms with Gasteiger partial charge in [0.25, 0.3) is 0 Å². The smallest absolute Gasteiger partial charge is 0.134 e. The molecule has 21 heavy (non-hydrogen) atoms. The molecule has 2 rings (SSSR count). The van der Waals surface area contributed by atoms with Gasteiger partial charge in [-0.2, -0.15) is 0 Å². The summed E-state index contributed by atoms with van der Waals surface area (Å²) in [7, 11) is 0. The molecule has 0 radical (unpaired) electrons. The van der Waals surface area contributed by atoms with Crippen molar-refractivity contribution < 1.29 is 9.84 Å². The molecule has 0 aromatic heterocycles. The first-order valence-corrected chi connectivity index (χ1v) is 7.51. The Hall–Kier alpha value is -1.87. The topological polar surface area (TPSA) is 41.5 Å². The molecule has 2 aromatic rings. The molecule has 0 heterocycles. The lowest BCUT2D eigenvalue weighted by Gasteiger charge is -2.09. The molecule has 0 aliphatic rings. The lowest BCUT2D eigenvalue weighted by atomic mass is 10.2. The maximum Gasteiger partial charge on any atom is 0.134 e. The van der Waals surface area contributed by atoms with Gasteiger partial charge in [0, 0.05) is 12.2 Å². The van der Waals surface area contributed by atoms with Crippen molar-refractivity contribution in [2.45, 2.75) is 26.3 Å². The largest absolute Gasteiger partial charge is 0.506 e. The zero-order valence-electron chi connectivity index (χ0n) is 12.1. The van der Waals surface area contributed by atoms with Crippen LogP contribution in [-0.2, 0) is 6.54 Å². The van der Waals surface area contributed by atoms with Crippen LogP contribution in [-0.4, -0.2) is 11.7 Å². The number of benzene rings is 2. The first-order valence-electron chi connectivity index (χ1n) is 7.13. The molecule has 2 N–H and O–H groups in total. The average Bonchev–Trinajstić information content (AvgIpc) is 2.50. The summed E-state index contributed by atoms with van der Waals surface area (Å²) in [5, 5.41) is 13.0. The highest BCUT2D eigenvalue weighted by atomic mass is 35.5. The summed E-state index contributed by atoms with van der Waals surface area (Å²) < 4.78 is 5.63. The third kappa shape index (κ3) is 4.87. The second kappa shape index (κ2) is 7.79. The normalized spacial score (nSPS) is 10.4. The number of unbranched alkanes of at least 4 members (excludes halogenated alkanes) is 1. The van der Waals surface area contributed by atoms with E-state index in [0.29, 0.717) is 11.6 Å². The monoisotopic (exact) mass is 305 g/mol. The Morgan fingerprint density at radius 2 is 1.90 bits per heavy atom. The van der Waals surface area contributed by atoms with Gasteiger partial charge in [0.15, 0.2) is 0 Å². The van der Waals surface area contributed by atoms with E-state index < -0.39 is 0 Å². The van der Waals surface area contributed by atoms with Crippen LogP contribution in [0.3, 0.4) is 0 Å². The van der Waals surface area contributed by atoms with Gasteiger partial charge in [-0.15, -0.1) is 0 Å². The van der Waals surface area contributed by atoms with Gasteiger partial charge >= 0.3 is 0 Å². The number of hydrogen-bond acceptors (Lipinski definition) is 3. The van der Waals surface area contributed by atoms with E-state index in [-0.39, 0.29) is 5.75 Å². The molecule has 0 saturated heterocycles. The van der Waals surface area contributed by atoms with E-state index in [9.17, 15) is 5.11 Å². The molecule has 3 nitrogen and oxygen atoms in total. The Balaban J connectivity index is 1.86. The standard InChI is InChI=1S/C17H20ClNO2/c1-2-3-10-21-15-7-4-13(5-8-15)12-19-14-6-9-17(20)16(18)11-14/h4-9,11,19-20H,2-3,10,12H2,1H3. The lowest BCUT2D eigenvalue weighted by molar-refractivity contribution is 0.309. The lowest BCUT2D eigenvalue weighted by Crippen LogP contribution is -2.00. The van der Waals surface area contributed by atoms with Crippen LogP contribution >= 0.6 is 11.6 Å². The second-order valence-corrected chi connectivity index (χ2v) is 5.27. The Bertz CT molecular complexity index is 570. The Morgan fingerprint density at radius 3 is 2.57 bits per heavy atom. The van der Waals surface area contributed by atoms with E-state index in [4.69, 9.17) is 16.3 Å². The van der Waals surface area contributed by atoms with Gasteiger partial charge in [-0.3, -0.25) is 0 Å². The molecular formula is C17H20ClNO2. The number of aromatic hydroxyl groups is 1. The number of ether oxygens (including phenoxy) is 1. The van der Waals surface area contributed by atoms with Crippen molar-refractivity contribution in [2.24, 2.45) is 0 Å². The van der Waals surface area contributed by atoms with Gasteiger partial charge in [-0.25, -0.2) is 0 Å². The number of anilines is 1. The van der Waals surface area contributed by atoms with E-state index in [0.717, 1.165) is 36.4 Å². The Labute approximate surface area is 130 Å². The predicted molar refractivity (Wildman–Crippen MR) is 87.3 cm³/mol. The number of nitrogens with one attached hydrogen (secondary N) is 1. The van der Waals surface area contributed by atoms with Crippen LogP contribution in [0.25, 0.3) is 0 Å². The Morgan fingerprint density at radius 1 is 1.14 bits per heavy atom. The first kappa shape index (κ1) is 15.5. The molecule has 0 amide bonds. The number of phenols is 1. The molecule has 2 aromatic carbocycles. The molecule has 0 spiro atoms. The summed E-state index contributed by atoms with van der Waals surface area (Å²) in [4.78, 5) is 0. The molecule has 0 aliphatic heterocycles. The van der Waals surface area contributed by atoms with Gasteiger partial charge in [0.2, 0.25) is 0 Å². The molecule has 0 atom stereocenters. The van der Waals surface area contributed by atoms with Crippen LogP contribution in [0.4, 0.5) is 5.69 Å². The number of rotatable bonds is 7. The second-order valence-electron chi connectivity index (χ2n) is 4.87. The fraction of sp³-hybridized carbons (Fsp3) is 0.294. The van der Waals surface area contributed by atoms with Crippen LogP contribution < -0.4 is 10.1 Å². The quantitative estimate of drug-likeness (QED) is 0.568. The van der Waals surface area contributed by atoms with Gasteiger partial charge < -0.3 is 15.2 Å². The summed E-state index contributed by atoms with van der Waals surface area (Å²) >= 11 is 5.87. The van der Waals surface area contributed by atoms with E-state index in [1.54, 1.807) is 18.2 Å². The minimum absolute atomic E-state index is 0.0933. The van der Waals surface area contributed by atoms with Crippen LogP contribution in [0.15, 0.2) is 42.5 Å². The first-order chi connectivity index (χ1) is 10.2. The van der Waals surface area contributed by atoms with Crippen molar-refractivity contribution in [3.05, 3.63) is 53.1 Å². The van der Waals surface area contributed by atoms with Crippen LogP contribution in [0.2, 0.25) is 5.02 Å². The van der Waals surface area contributed by atoms with Crippen LogP contribution in [0, 0.1) is 0 Å². The SMILES string of the molecule is CCCCOc1ccc(CNc2ccc(O)c(Cl)c2)cc1. The highest BCUT2D eigenvalue weighted by Gasteiger charge is 2.00. The van der Waals surface area contributed by atoms with Crippen LogP contribution in [0.1, 0.15) is 25.3 Å². The zero-order chi connectivity index (χ0) is 15.1. The van der Waals surface area contributed by atoms with Crippen molar-refractivity contribution in [1.29, 1.82) is 0 Å². The maximum absolute atomic E-state index is 9.37. The summed E-state index contributed by atoms with van der Waals surface area (Å²) in [6, 6.07) is 13.1. The third-order valence-electron chi connectivity index (χ3n) is 3.13. The molecule has 0 saturated carbocycles. The van der Waals surface area contributed by atoms with Crippen molar-refractivity contribution in [3.8, 4) is 11.5 Å². The molecule has 0 bridgehead atoms.